The standard InChI is InChI=1S/C24H23BrN4O/c1-3-4-13-26-24(30)19-14-20(16-7-5-15(2)6-8-16)27-23-21(19)22(28-29-23)17-9-11-18(25)12-10-17/h5-12,14H,3-4,13H2,1-2H3,(H,26,30)(H,27,28,29). The van der Waals surface area contributed by atoms with Gasteiger partial charge in [0.05, 0.1) is 22.3 Å². The van der Waals surface area contributed by atoms with Crippen LogP contribution in [0.25, 0.3) is 33.5 Å². The SMILES string of the molecule is CCCCNC(=O)c1cc(-c2ccc(C)cc2)nc2n[nH]c(-c3ccc(Br)cc3)c12. The lowest BCUT2D eigenvalue weighted by Gasteiger charge is -2.10. The summed E-state index contributed by atoms with van der Waals surface area (Å²) in [7, 11) is 0. The number of amides is 1. The van der Waals surface area contributed by atoms with Crippen molar-refractivity contribution in [2.24, 2.45) is 0 Å². The minimum Gasteiger partial charge on any atom is -0.352 e. The summed E-state index contributed by atoms with van der Waals surface area (Å²) >= 11 is 3.47. The van der Waals surface area contributed by atoms with E-state index in [-0.39, 0.29) is 5.91 Å². The van der Waals surface area contributed by atoms with Crippen LogP contribution in [0.1, 0.15) is 35.7 Å². The maximum Gasteiger partial charge on any atom is 0.252 e. The first-order chi connectivity index (χ1) is 14.6. The van der Waals surface area contributed by atoms with Crippen molar-refractivity contribution in [3.63, 3.8) is 0 Å². The predicted molar refractivity (Wildman–Crippen MR) is 124 cm³/mol. The molecule has 0 aliphatic carbocycles. The molecule has 152 valence electrons. The first kappa shape index (κ1) is 20.3. The summed E-state index contributed by atoms with van der Waals surface area (Å²) in [6, 6.07) is 17.9. The van der Waals surface area contributed by atoms with Gasteiger partial charge in [-0.25, -0.2) is 4.98 Å². The fourth-order valence-electron chi connectivity index (χ4n) is 3.37. The van der Waals surface area contributed by atoms with Crippen LogP contribution in [0.3, 0.4) is 0 Å². The van der Waals surface area contributed by atoms with Crippen LogP contribution in [0.5, 0.6) is 0 Å². The fourth-order valence-corrected chi connectivity index (χ4v) is 3.64. The number of halogens is 1. The van der Waals surface area contributed by atoms with Crippen LogP contribution in [0, 0.1) is 6.92 Å². The number of nitrogens with zero attached hydrogens (tertiary/aromatic N) is 2. The van der Waals surface area contributed by atoms with Gasteiger partial charge >= 0.3 is 0 Å². The molecule has 0 spiro atoms. The molecule has 5 nitrogen and oxygen atoms in total. The van der Waals surface area contributed by atoms with Crippen molar-refractivity contribution in [2.75, 3.05) is 6.54 Å². The molecule has 30 heavy (non-hydrogen) atoms. The second-order valence-electron chi connectivity index (χ2n) is 7.33. The van der Waals surface area contributed by atoms with E-state index >= 15 is 0 Å². The van der Waals surface area contributed by atoms with E-state index < -0.39 is 0 Å². The molecule has 0 radical (unpaired) electrons. The van der Waals surface area contributed by atoms with E-state index in [1.807, 2.05) is 61.5 Å². The molecule has 0 atom stereocenters. The number of unbranched alkanes of at least 4 members (excludes halogenated alkanes) is 1. The van der Waals surface area contributed by atoms with Gasteiger partial charge < -0.3 is 5.32 Å². The van der Waals surface area contributed by atoms with Crippen molar-refractivity contribution in [1.29, 1.82) is 0 Å². The third kappa shape index (κ3) is 4.14. The Balaban J connectivity index is 1.87. The largest absolute Gasteiger partial charge is 0.352 e. The summed E-state index contributed by atoms with van der Waals surface area (Å²) in [5.41, 5.74) is 5.73. The fraction of sp³-hybridized carbons (Fsp3) is 0.208. The highest BCUT2D eigenvalue weighted by atomic mass is 79.9. The third-order valence-corrected chi connectivity index (χ3v) is 5.59. The van der Waals surface area contributed by atoms with Gasteiger partial charge in [-0.3, -0.25) is 9.89 Å². The highest BCUT2D eigenvalue weighted by Crippen LogP contribution is 2.32. The lowest BCUT2D eigenvalue weighted by atomic mass is 10.0. The molecule has 0 saturated carbocycles. The van der Waals surface area contributed by atoms with Gasteiger partial charge in [-0.05, 0) is 31.5 Å². The number of fused-ring (bicyclic) bond motifs is 1. The zero-order valence-corrected chi connectivity index (χ0v) is 18.6. The zero-order valence-electron chi connectivity index (χ0n) is 17.0. The number of hydrogen-bond donors (Lipinski definition) is 2. The average Bonchev–Trinajstić information content (AvgIpc) is 3.18. The molecule has 4 rings (SSSR count). The van der Waals surface area contributed by atoms with Crippen molar-refractivity contribution >= 4 is 32.9 Å². The minimum atomic E-state index is -0.107. The maximum absolute atomic E-state index is 13.1. The van der Waals surface area contributed by atoms with Gasteiger partial charge in [0.25, 0.3) is 5.91 Å². The molecule has 2 aromatic heterocycles. The number of aromatic amines is 1. The van der Waals surface area contributed by atoms with E-state index in [4.69, 9.17) is 4.98 Å². The molecule has 0 saturated heterocycles. The molecule has 0 aliphatic rings. The summed E-state index contributed by atoms with van der Waals surface area (Å²) in [5, 5.41) is 11.3. The van der Waals surface area contributed by atoms with E-state index in [0.717, 1.165) is 45.2 Å². The van der Waals surface area contributed by atoms with Gasteiger partial charge in [0.1, 0.15) is 0 Å². The number of aryl methyl sites for hydroxylation is 1. The van der Waals surface area contributed by atoms with E-state index in [9.17, 15) is 4.79 Å². The summed E-state index contributed by atoms with van der Waals surface area (Å²) in [6.45, 7) is 4.80. The van der Waals surface area contributed by atoms with Crippen molar-refractivity contribution in [2.45, 2.75) is 26.7 Å². The average molecular weight is 463 g/mol. The molecule has 0 unspecified atom stereocenters. The van der Waals surface area contributed by atoms with Gasteiger partial charge in [0, 0.05) is 22.1 Å². The maximum atomic E-state index is 13.1. The molecule has 4 aromatic rings. The Bertz CT molecular complexity index is 1180. The number of aromatic nitrogens is 3. The summed E-state index contributed by atoms with van der Waals surface area (Å²) in [6.07, 6.45) is 1.96. The van der Waals surface area contributed by atoms with Crippen molar-refractivity contribution < 1.29 is 4.79 Å². The number of pyridine rings is 1. The first-order valence-electron chi connectivity index (χ1n) is 10.1. The van der Waals surface area contributed by atoms with Crippen LogP contribution in [-0.2, 0) is 0 Å². The quantitative estimate of drug-likeness (QED) is 0.350. The van der Waals surface area contributed by atoms with Gasteiger partial charge in [-0.1, -0.05) is 71.2 Å². The topological polar surface area (TPSA) is 70.7 Å². The van der Waals surface area contributed by atoms with Crippen molar-refractivity contribution in [3.05, 3.63) is 70.2 Å². The Morgan fingerprint density at radius 3 is 2.47 bits per heavy atom. The summed E-state index contributed by atoms with van der Waals surface area (Å²) < 4.78 is 0.993. The molecule has 2 N–H and O–H groups in total. The number of hydrogen-bond acceptors (Lipinski definition) is 3. The van der Waals surface area contributed by atoms with E-state index in [0.29, 0.717) is 17.8 Å². The molecule has 2 heterocycles. The first-order valence-corrected chi connectivity index (χ1v) is 10.9. The molecule has 0 bridgehead atoms. The van der Waals surface area contributed by atoms with E-state index in [2.05, 4.69) is 38.4 Å². The van der Waals surface area contributed by atoms with Crippen LogP contribution in [0.4, 0.5) is 0 Å². The van der Waals surface area contributed by atoms with Gasteiger partial charge in [0.15, 0.2) is 5.65 Å². The Morgan fingerprint density at radius 2 is 1.77 bits per heavy atom. The molecule has 2 aromatic carbocycles. The number of H-pyrrole nitrogens is 1. The van der Waals surface area contributed by atoms with Gasteiger partial charge in [-0.2, -0.15) is 5.10 Å². The lowest BCUT2D eigenvalue weighted by Crippen LogP contribution is -2.24. The predicted octanol–water partition coefficient (Wildman–Crippen LogP) is 5.89. The number of benzene rings is 2. The van der Waals surface area contributed by atoms with Crippen LogP contribution in [0.2, 0.25) is 0 Å². The van der Waals surface area contributed by atoms with Gasteiger partial charge in [0.2, 0.25) is 0 Å². The van der Waals surface area contributed by atoms with Crippen LogP contribution in [0.15, 0.2) is 59.1 Å². The van der Waals surface area contributed by atoms with E-state index in [1.54, 1.807) is 0 Å². The number of rotatable bonds is 6. The Kier molecular flexibility index (Phi) is 5.95. The zero-order chi connectivity index (χ0) is 21.1. The molecule has 6 heteroatoms. The second kappa shape index (κ2) is 8.79. The summed E-state index contributed by atoms with van der Waals surface area (Å²) in [4.78, 5) is 17.9. The number of carbonyl (C=O) groups excluding carboxylic acids is 1. The van der Waals surface area contributed by atoms with Crippen molar-refractivity contribution in [3.8, 4) is 22.5 Å². The van der Waals surface area contributed by atoms with E-state index in [1.165, 1.54) is 5.56 Å². The Morgan fingerprint density at radius 1 is 1.07 bits per heavy atom. The Hall–Kier alpha value is -2.99. The number of carbonyl (C=O) groups is 1. The highest BCUT2D eigenvalue weighted by Gasteiger charge is 2.20. The van der Waals surface area contributed by atoms with Crippen LogP contribution < -0.4 is 5.32 Å². The minimum absolute atomic E-state index is 0.107. The van der Waals surface area contributed by atoms with Crippen molar-refractivity contribution in [1.82, 2.24) is 20.5 Å². The molecule has 0 fully saturated rings. The number of nitrogens with one attached hydrogen (secondary N) is 2. The smallest absolute Gasteiger partial charge is 0.252 e. The summed E-state index contributed by atoms with van der Waals surface area (Å²) in [5.74, 6) is -0.107. The molecule has 0 aliphatic heterocycles. The molecular formula is C24H23BrN4O. The highest BCUT2D eigenvalue weighted by molar-refractivity contribution is 9.10. The molecular weight excluding hydrogens is 440 g/mol. The monoisotopic (exact) mass is 462 g/mol. The Labute approximate surface area is 184 Å². The third-order valence-electron chi connectivity index (χ3n) is 5.06. The second-order valence-corrected chi connectivity index (χ2v) is 8.25. The lowest BCUT2D eigenvalue weighted by molar-refractivity contribution is 0.0955. The van der Waals surface area contributed by atoms with Gasteiger partial charge in [-0.15, -0.1) is 0 Å². The normalized spacial score (nSPS) is 11.0. The van der Waals surface area contributed by atoms with Crippen LogP contribution in [-0.4, -0.2) is 27.6 Å². The van der Waals surface area contributed by atoms with Crippen LogP contribution >= 0.6 is 15.9 Å². The molecule has 1 amide bonds.